The lowest BCUT2D eigenvalue weighted by atomic mass is 9.92. The molecule has 0 radical (unpaired) electrons. The van der Waals surface area contributed by atoms with Gasteiger partial charge in [0.15, 0.2) is 0 Å². The highest BCUT2D eigenvalue weighted by molar-refractivity contribution is 8.42. The lowest BCUT2D eigenvalue weighted by molar-refractivity contribution is -0.128. The van der Waals surface area contributed by atoms with Gasteiger partial charge in [-0.3, -0.25) is 14.8 Å². The van der Waals surface area contributed by atoms with Gasteiger partial charge in [0.25, 0.3) is 5.91 Å². The molecule has 0 aliphatic carbocycles. The van der Waals surface area contributed by atoms with Gasteiger partial charge in [-0.05, 0) is 87.2 Å². The number of aliphatic imine (C=N–C) groups is 1. The number of nitrogens with zero attached hydrogens (tertiary/aromatic N) is 5. The molecule has 0 saturated carbocycles. The zero-order chi connectivity index (χ0) is 30.6. The van der Waals surface area contributed by atoms with Crippen molar-refractivity contribution < 1.29 is 33.1 Å². The summed E-state index contributed by atoms with van der Waals surface area (Å²) in [5, 5.41) is 3.04. The predicted molar refractivity (Wildman–Crippen MR) is 153 cm³/mol. The number of benzene rings is 2. The number of amides is 1. The van der Waals surface area contributed by atoms with Crippen molar-refractivity contribution in [2.75, 3.05) is 25.2 Å². The molecule has 0 unspecified atom stereocenters. The molecule has 14 heteroatoms. The van der Waals surface area contributed by atoms with E-state index < -0.39 is 21.7 Å². The van der Waals surface area contributed by atoms with Crippen LogP contribution in [0.4, 0.5) is 25.1 Å². The van der Waals surface area contributed by atoms with Crippen molar-refractivity contribution in [3.8, 4) is 17.2 Å². The van der Waals surface area contributed by atoms with Crippen LogP contribution in [0, 0.1) is 12.3 Å². The molecule has 0 spiro atoms. The van der Waals surface area contributed by atoms with Crippen molar-refractivity contribution in [2.45, 2.75) is 33.6 Å². The molecule has 8 nitrogen and oxygen atoms in total. The van der Waals surface area contributed by atoms with E-state index in [1.807, 2.05) is 42.0 Å². The Morgan fingerprint density at radius 3 is 2.38 bits per heavy atom. The molecule has 1 saturated heterocycles. The quantitative estimate of drug-likeness (QED) is 0.268. The van der Waals surface area contributed by atoms with E-state index in [4.69, 9.17) is 9.73 Å². The number of carbonyl (C=O) groups is 1. The average Bonchev–Trinajstić information content (AvgIpc) is 3.29. The summed E-state index contributed by atoms with van der Waals surface area (Å²) in [5.74, 6) is -0.244. The van der Waals surface area contributed by atoms with Crippen LogP contribution < -0.4 is 13.9 Å². The van der Waals surface area contributed by atoms with Gasteiger partial charge in [0.05, 0.1) is 42.5 Å². The monoisotopic (exact) mass is 611 g/mol. The normalized spacial score (nSPS) is 19.9. The highest BCUT2D eigenvalue weighted by Crippen LogP contribution is 2.97. The number of hydrogen-bond acceptors (Lipinski definition) is 6. The summed E-state index contributed by atoms with van der Waals surface area (Å²) >= 11 is 0. The molecule has 2 aliphatic heterocycles. The Hall–Kier alpha value is -4.07. The van der Waals surface area contributed by atoms with Crippen LogP contribution in [0.5, 0.6) is 11.5 Å². The number of halogens is 5. The SMILES string of the molecule is COc1cc(/C=C2\CCCN3C2=NCC(C)(C)C(=O)N3c2ccc(OS(F)(F)(F)(F)F)cc2)ccc1-n1cnc(C)c1. The van der Waals surface area contributed by atoms with Gasteiger partial charge in [-0.25, -0.2) is 9.99 Å². The zero-order valence-corrected chi connectivity index (χ0v) is 24.2. The summed E-state index contributed by atoms with van der Waals surface area (Å²) < 4.78 is 74.9. The molecule has 2 aliphatic rings. The van der Waals surface area contributed by atoms with Gasteiger partial charge in [0.2, 0.25) is 0 Å². The highest BCUT2D eigenvalue weighted by Gasteiger charge is 2.67. The number of hydrogen-bond donors (Lipinski definition) is 0. The first kappa shape index (κ1) is 29.4. The maximum absolute atomic E-state index is 13.7. The zero-order valence-electron chi connectivity index (χ0n) is 23.4. The van der Waals surface area contributed by atoms with Crippen molar-refractivity contribution in [1.29, 1.82) is 0 Å². The van der Waals surface area contributed by atoms with E-state index in [9.17, 15) is 24.2 Å². The fourth-order valence-electron chi connectivity index (χ4n) is 4.89. The van der Waals surface area contributed by atoms with Crippen LogP contribution in [0.3, 0.4) is 0 Å². The maximum atomic E-state index is 13.7. The number of anilines is 1. The lowest BCUT2D eigenvalue weighted by Gasteiger charge is -2.41. The van der Waals surface area contributed by atoms with Crippen LogP contribution in [0.2, 0.25) is 0 Å². The largest absolute Gasteiger partial charge is 0.495 e. The van der Waals surface area contributed by atoms with Gasteiger partial charge in [-0.15, -0.1) is 0 Å². The molecule has 1 amide bonds. The number of aryl methyl sites for hydroxylation is 1. The van der Waals surface area contributed by atoms with E-state index in [0.717, 1.165) is 46.8 Å². The van der Waals surface area contributed by atoms with Crippen LogP contribution in [0.15, 0.2) is 65.6 Å². The molecule has 1 fully saturated rings. The Morgan fingerprint density at radius 1 is 1.05 bits per heavy atom. The van der Waals surface area contributed by atoms with Gasteiger partial charge in [0, 0.05) is 12.7 Å². The molecule has 3 aromatic rings. The predicted octanol–water partition coefficient (Wildman–Crippen LogP) is 7.65. The van der Waals surface area contributed by atoms with Gasteiger partial charge in [0.1, 0.15) is 17.3 Å². The third-order valence-electron chi connectivity index (χ3n) is 6.85. The number of ether oxygens (including phenoxy) is 1. The van der Waals surface area contributed by atoms with Gasteiger partial charge in [-0.2, -0.15) is 0 Å². The van der Waals surface area contributed by atoms with E-state index in [0.29, 0.717) is 31.0 Å². The Morgan fingerprint density at radius 2 is 1.76 bits per heavy atom. The number of piperidine rings is 1. The molecular weight excluding hydrogens is 581 g/mol. The molecular formula is C28H30F5N5O3S. The van der Waals surface area contributed by atoms with Crippen molar-refractivity contribution >= 4 is 34.0 Å². The molecule has 0 atom stereocenters. The van der Waals surface area contributed by atoms with E-state index in [2.05, 4.69) is 9.17 Å². The van der Waals surface area contributed by atoms with Crippen molar-refractivity contribution in [3.63, 3.8) is 0 Å². The fraction of sp³-hybridized carbons (Fsp3) is 0.321. The van der Waals surface area contributed by atoms with Crippen LogP contribution in [0.1, 0.15) is 37.9 Å². The maximum Gasteiger partial charge on any atom is 0.435 e. The second-order valence-corrected chi connectivity index (χ2v) is 12.8. The standard InChI is InChI=1S/C28H30F5N5O3S/c1-19-16-36(18-35-19)24-12-7-20(15-25(24)40-4)14-21-6-5-13-37-26(21)34-17-28(2,3)27(39)38(37)22-8-10-23(11-9-22)41-42(29,30,31,32)33/h7-12,14-16,18H,5-6,13,17H2,1-4H3/b21-14+. The molecule has 0 N–H and O–H groups in total. The number of methoxy groups -OCH3 is 1. The fourth-order valence-corrected chi connectivity index (χ4v) is 5.36. The van der Waals surface area contributed by atoms with Gasteiger partial charge in [-0.1, -0.05) is 25.5 Å². The minimum atomic E-state index is -10.1. The summed E-state index contributed by atoms with van der Waals surface area (Å²) in [6, 6.07) is 9.57. The first-order valence-electron chi connectivity index (χ1n) is 13.0. The molecule has 1 aromatic heterocycles. The van der Waals surface area contributed by atoms with Crippen LogP contribution in [0.25, 0.3) is 11.8 Å². The third kappa shape index (κ3) is 6.37. The molecule has 2 aromatic carbocycles. The molecule has 3 heterocycles. The highest BCUT2D eigenvalue weighted by atomic mass is 32.5. The van der Waals surface area contributed by atoms with Gasteiger partial charge < -0.3 is 13.5 Å². The minimum Gasteiger partial charge on any atom is -0.495 e. The number of hydrazine groups is 1. The Labute approximate surface area is 240 Å². The average molecular weight is 612 g/mol. The molecule has 5 rings (SSSR count). The second kappa shape index (κ2) is 9.48. The van der Waals surface area contributed by atoms with Crippen molar-refractivity contribution in [2.24, 2.45) is 10.4 Å². The summed E-state index contributed by atoms with van der Waals surface area (Å²) in [5.41, 5.74) is 2.60. The van der Waals surface area contributed by atoms with Crippen LogP contribution in [-0.2, 0) is 4.79 Å². The third-order valence-corrected chi connectivity index (χ3v) is 7.36. The number of carbonyl (C=O) groups excluding carboxylic acids is 1. The first-order valence-corrected chi connectivity index (χ1v) is 14.9. The van der Waals surface area contributed by atoms with E-state index in [-0.39, 0.29) is 18.1 Å². The summed E-state index contributed by atoms with van der Waals surface area (Å²) in [6.07, 6.45) is 6.87. The lowest BCUT2D eigenvalue weighted by Crippen LogP contribution is -2.54. The summed E-state index contributed by atoms with van der Waals surface area (Å²) in [7, 11) is -8.56. The minimum absolute atomic E-state index is 0.166. The number of amidine groups is 1. The summed E-state index contributed by atoms with van der Waals surface area (Å²) in [4.78, 5) is 22.8. The van der Waals surface area contributed by atoms with E-state index >= 15 is 0 Å². The van der Waals surface area contributed by atoms with Crippen molar-refractivity contribution in [3.05, 3.63) is 71.8 Å². The smallest absolute Gasteiger partial charge is 0.435 e. The molecule has 226 valence electrons. The van der Waals surface area contributed by atoms with Crippen LogP contribution >= 0.6 is 10.5 Å². The summed E-state index contributed by atoms with van der Waals surface area (Å²) in [6.45, 7) is 5.91. The van der Waals surface area contributed by atoms with Crippen LogP contribution in [-0.4, -0.2) is 46.5 Å². The van der Waals surface area contributed by atoms with Gasteiger partial charge >= 0.3 is 10.5 Å². The second-order valence-electron chi connectivity index (χ2n) is 10.9. The topological polar surface area (TPSA) is 72.2 Å². The number of rotatable bonds is 6. The Bertz CT molecular complexity index is 1600. The molecule has 42 heavy (non-hydrogen) atoms. The number of imidazole rings is 1. The van der Waals surface area contributed by atoms with Crippen molar-refractivity contribution in [1.82, 2.24) is 14.6 Å². The number of fused-ring (bicyclic) bond motifs is 1. The first-order chi connectivity index (χ1) is 19.4. The number of aromatic nitrogens is 2. The van der Waals surface area contributed by atoms with E-state index in [1.54, 1.807) is 32.3 Å². The Kier molecular flexibility index (Phi) is 6.64. The Balaban J connectivity index is 1.50. The molecule has 0 bridgehead atoms. The van der Waals surface area contributed by atoms with E-state index in [1.165, 1.54) is 5.01 Å².